The van der Waals surface area contributed by atoms with Crippen LogP contribution in [0.25, 0.3) is 5.52 Å². The number of nitrogens with one attached hydrogen (secondary N) is 1. The van der Waals surface area contributed by atoms with Crippen LogP contribution in [-0.4, -0.2) is 70.1 Å². The molecule has 15 nitrogen and oxygen atoms in total. The number of anilines is 1. The van der Waals surface area contributed by atoms with E-state index in [1.54, 1.807) is 58.9 Å². The molecular formula is C39H58N5O10P. The zero-order chi connectivity index (χ0) is 40.7. The van der Waals surface area contributed by atoms with Crippen LogP contribution < -0.4 is 15.3 Å². The Morgan fingerprint density at radius 1 is 0.964 bits per heavy atom. The first-order valence-corrected chi connectivity index (χ1v) is 20.5. The zero-order valence-corrected chi connectivity index (χ0v) is 34.6. The van der Waals surface area contributed by atoms with Crippen molar-refractivity contribution in [2.24, 2.45) is 11.8 Å². The molecule has 1 aromatic carbocycles. The normalized spacial score (nSPS) is 21.7. The standard InChI is InChI=1S/C39H58N5O10P/c1-11-12-13-14-21-49-37(47)26(6)43-55(48,54-28-17-15-27(16-18-28)38(7,8)9)50-22-30-32(51-35(45)24(2)3)33(52-36(46)25(4)5)39(10,53-30)31-20-19-29-34(40)41-23-42-44(29)31/h15-20,23-26,30,32-33H,11-14,21-22H2,1-10H3,(H,43,48)(H2,40,41,42)/t26-,30+,32+,33+,39-,55?/m0/s1. The molecule has 2 aromatic heterocycles. The summed E-state index contributed by atoms with van der Waals surface area (Å²) in [5.41, 5.74) is 6.38. The van der Waals surface area contributed by atoms with Gasteiger partial charge in [-0.1, -0.05) is 86.8 Å². The Kier molecular flexibility index (Phi) is 14.5. The molecule has 16 heteroatoms. The number of esters is 3. The number of nitrogens with zero attached hydrogens (tertiary/aromatic N) is 3. The molecule has 1 aliphatic heterocycles. The lowest BCUT2D eigenvalue weighted by Crippen LogP contribution is -2.46. The average Bonchev–Trinajstić information content (AvgIpc) is 3.67. The van der Waals surface area contributed by atoms with Crippen LogP contribution in [0.2, 0.25) is 0 Å². The van der Waals surface area contributed by atoms with Gasteiger partial charge in [-0.25, -0.2) is 14.1 Å². The van der Waals surface area contributed by atoms with Gasteiger partial charge in [-0.3, -0.25) is 18.9 Å². The first-order valence-electron chi connectivity index (χ1n) is 19.0. The Hall–Kier alpha value is -4.04. The van der Waals surface area contributed by atoms with Crippen LogP contribution in [0.3, 0.4) is 0 Å². The molecule has 0 spiro atoms. The fraction of sp³-hybridized carbons (Fsp3) is 0.615. The number of ether oxygens (including phenoxy) is 4. The van der Waals surface area contributed by atoms with E-state index in [-0.39, 0.29) is 23.6 Å². The van der Waals surface area contributed by atoms with Gasteiger partial charge in [0.15, 0.2) is 18.0 Å². The molecule has 0 bridgehead atoms. The predicted molar refractivity (Wildman–Crippen MR) is 206 cm³/mol. The van der Waals surface area contributed by atoms with Crippen molar-refractivity contribution >= 4 is 37.0 Å². The quantitative estimate of drug-likeness (QED) is 0.0602. The second-order valence-corrected chi connectivity index (χ2v) is 17.4. The summed E-state index contributed by atoms with van der Waals surface area (Å²) in [6.45, 7) is 17.9. The van der Waals surface area contributed by atoms with Crippen molar-refractivity contribution < 1.29 is 46.9 Å². The molecule has 4 rings (SSSR count). The Morgan fingerprint density at radius 3 is 2.24 bits per heavy atom. The number of carbonyl (C=O) groups is 3. The number of benzene rings is 1. The number of unbranched alkanes of at least 4 members (excludes halogenated alkanes) is 3. The molecule has 3 heterocycles. The number of aromatic nitrogens is 3. The topological polar surface area (TPSA) is 192 Å². The third kappa shape index (κ3) is 10.8. The summed E-state index contributed by atoms with van der Waals surface area (Å²) in [5, 5.41) is 7.09. The van der Waals surface area contributed by atoms with E-state index in [4.69, 9.17) is 33.7 Å². The Morgan fingerprint density at radius 2 is 1.62 bits per heavy atom. The summed E-state index contributed by atoms with van der Waals surface area (Å²) < 4.78 is 52.5. The molecule has 6 atom stereocenters. The van der Waals surface area contributed by atoms with Gasteiger partial charge >= 0.3 is 25.7 Å². The predicted octanol–water partition coefficient (Wildman–Crippen LogP) is 6.66. The van der Waals surface area contributed by atoms with Gasteiger partial charge in [0.05, 0.1) is 30.7 Å². The molecule has 0 amide bonds. The van der Waals surface area contributed by atoms with E-state index in [0.29, 0.717) is 17.6 Å². The van der Waals surface area contributed by atoms with Crippen LogP contribution in [0.15, 0.2) is 42.7 Å². The fourth-order valence-corrected chi connectivity index (χ4v) is 7.50. The average molecular weight is 788 g/mol. The van der Waals surface area contributed by atoms with Crippen molar-refractivity contribution in [2.75, 3.05) is 18.9 Å². The largest absolute Gasteiger partial charge is 0.465 e. The molecule has 0 aliphatic carbocycles. The van der Waals surface area contributed by atoms with Crippen LogP contribution in [0.5, 0.6) is 5.75 Å². The van der Waals surface area contributed by atoms with Gasteiger partial charge in [0.2, 0.25) is 0 Å². The van der Waals surface area contributed by atoms with Crippen molar-refractivity contribution in [3.8, 4) is 5.75 Å². The van der Waals surface area contributed by atoms with E-state index in [1.165, 1.54) is 17.8 Å². The third-order valence-corrected chi connectivity index (χ3v) is 11.0. The lowest BCUT2D eigenvalue weighted by atomic mass is 9.87. The summed E-state index contributed by atoms with van der Waals surface area (Å²) in [4.78, 5) is 43.6. The molecule has 55 heavy (non-hydrogen) atoms. The molecule has 1 saturated heterocycles. The lowest BCUT2D eigenvalue weighted by molar-refractivity contribution is -0.175. The minimum absolute atomic E-state index is 0.153. The highest BCUT2D eigenvalue weighted by Gasteiger charge is 2.59. The second kappa shape index (κ2) is 18.3. The van der Waals surface area contributed by atoms with Gasteiger partial charge in [0.1, 0.15) is 35.3 Å². The van der Waals surface area contributed by atoms with Crippen LogP contribution in [0.4, 0.5) is 5.82 Å². The van der Waals surface area contributed by atoms with Crippen LogP contribution in [-0.2, 0) is 53.4 Å². The molecule has 0 saturated carbocycles. The smallest absolute Gasteiger partial charge is 0.459 e. The van der Waals surface area contributed by atoms with Gasteiger partial charge in [0, 0.05) is 0 Å². The highest BCUT2D eigenvalue weighted by molar-refractivity contribution is 7.52. The maximum atomic E-state index is 14.7. The van der Waals surface area contributed by atoms with Gasteiger partial charge in [-0.05, 0) is 55.5 Å². The third-order valence-electron chi connectivity index (χ3n) is 9.33. The van der Waals surface area contributed by atoms with Crippen molar-refractivity contribution in [3.05, 3.63) is 54.0 Å². The number of fused-ring (bicyclic) bond motifs is 1. The monoisotopic (exact) mass is 787 g/mol. The fourth-order valence-electron chi connectivity index (χ4n) is 6.00. The van der Waals surface area contributed by atoms with Crippen molar-refractivity contribution in [1.82, 2.24) is 19.7 Å². The minimum atomic E-state index is -4.42. The van der Waals surface area contributed by atoms with Crippen LogP contribution >= 0.6 is 7.75 Å². The first kappa shape index (κ1) is 43.7. The van der Waals surface area contributed by atoms with E-state index in [2.05, 4.69) is 42.9 Å². The number of nitrogens with two attached hydrogens (primary N) is 1. The van der Waals surface area contributed by atoms with Crippen molar-refractivity contribution in [2.45, 2.75) is 130 Å². The summed E-state index contributed by atoms with van der Waals surface area (Å²) in [6, 6.07) is 9.33. The van der Waals surface area contributed by atoms with E-state index in [9.17, 15) is 18.9 Å². The van der Waals surface area contributed by atoms with E-state index < -0.39 is 74.1 Å². The minimum Gasteiger partial charge on any atom is -0.465 e. The highest BCUT2D eigenvalue weighted by atomic mass is 31.2. The SMILES string of the molecule is CCCCCCOC(=O)[C@H](C)NP(=O)(OC[C@H]1O[C@@](C)(c2ccc3c(N)ncnn23)[C@H](OC(=O)C(C)C)[C@@H]1OC(=O)C(C)C)Oc1ccc(C(C)(C)C)cc1. The van der Waals surface area contributed by atoms with Gasteiger partial charge in [-0.15, -0.1) is 0 Å². The molecule has 3 N–H and O–H groups in total. The van der Waals surface area contributed by atoms with Gasteiger partial charge in [0.25, 0.3) is 0 Å². The van der Waals surface area contributed by atoms with Crippen molar-refractivity contribution in [3.63, 3.8) is 0 Å². The molecule has 1 unspecified atom stereocenters. The molecule has 0 radical (unpaired) electrons. The number of hydrogen-bond donors (Lipinski definition) is 2. The van der Waals surface area contributed by atoms with Gasteiger partial charge < -0.3 is 29.2 Å². The van der Waals surface area contributed by atoms with Crippen molar-refractivity contribution in [1.29, 1.82) is 0 Å². The second-order valence-electron chi connectivity index (χ2n) is 15.7. The Labute approximate surface area is 323 Å². The van der Waals surface area contributed by atoms with E-state index in [1.807, 2.05) is 12.1 Å². The molecular weight excluding hydrogens is 729 g/mol. The number of rotatable bonds is 18. The molecule has 1 fully saturated rings. The molecule has 304 valence electrons. The molecule has 3 aromatic rings. The maximum Gasteiger partial charge on any atom is 0.459 e. The maximum absolute atomic E-state index is 14.7. The number of hydrogen-bond acceptors (Lipinski definition) is 13. The zero-order valence-electron chi connectivity index (χ0n) is 33.7. The number of carbonyl (C=O) groups excluding carboxylic acids is 3. The summed E-state index contributed by atoms with van der Waals surface area (Å²) in [7, 11) is -4.42. The van der Waals surface area contributed by atoms with E-state index >= 15 is 0 Å². The Bertz CT molecular complexity index is 1830. The van der Waals surface area contributed by atoms with Crippen LogP contribution in [0.1, 0.15) is 106 Å². The van der Waals surface area contributed by atoms with E-state index in [0.717, 1.165) is 24.8 Å². The number of nitrogen functional groups attached to an aromatic ring is 1. The molecule has 1 aliphatic rings. The lowest BCUT2D eigenvalue weighted by Gasteiger charge is -2.31. The highest BCUT2D eigenvalue weighted by Crippen LogP contribution is 2.49. The first-order chi connectivity index (χ1) is 25.8. The summed E-state index contributed by atoms with van der Waals surface area (Å²) >= 11 is 0. The summed E-state index contributed by atoms with van der Waals surface area (Å²) in [5.74, 6) is -2.48. The summed E-state index contributed by atoms with van der Waals surface area (Å²) in [6.07, 6.45) is 1.29. The Balaban J connectivity index is 1.71. The van der Waals surface area contributed by atoms with Gasteiger partial charge in [-0.2, -0.15) is 10.2 Å². The van der Waals surface area contributed by atoms with Crippen LogP contribution in [0, 0.1) is 11.8 Å².